The molecule has 0 aromatic heterocycles. The largest absolute Gasteiger partial charge is 0.507 e. The summed E-state index contributed by atoms with van der Waals surface area (Å²) in [4.78, 5) is 75.9. The lowest BCUT2D eigenvalue weighted by molar-refractivity contribution is -0.386. The maximum absolute atomic E-state index is 13.7. The van der Waals surface area contributed by atoms with Crippen molar-refractivity contribution < 1.29 is 44.2 Å². The van der Waals surface area contributed by atoms with Crippen molar-refractivity contribution in [2.45, 2.75) is 57.2 Å². The molecule has 7 atom stereocenters. The number of nitro groups is 1. The second-order valence-corrected chi connectivity index (χ2v) is 10.9. The molecule has 2 saturated carbocycles. The highest BCUT2D eigenvalue weighted by Gasteiger charge is 2.70. The molecule has 4 rings (SSSR count). The number of phenolic OH excluding ortho intramolecular Hbond substituents is 1. The third-order valence-corrected chi connectivity index (χ3v) is 7.94. The van der Waals surface area contributed by atoms with Crippen molar-refractivity contribution in [1.29, 1.82) is 0 Å². The van der Waals surface area contributed by atoms with Crippen LogP contribution in [-0.2, 0) is 24.6 Å². The summed E-state index contributed by atoms with van der Waals surface area (Å²) in [6.07, 6.45) is -2.54. The number of aliphatic hydroxyl groups is 2. The maximum atomic E-state index is 13.7. The predicted molar refractivity (Wildman–Crippen MR) is 120 cm³/mol. The average molecular weight is 502 g/mol. The minimum atomic E-state index is -3.05. The van der Waals surface area contributed by atoms with E-state index in [1.54, 1.807) is 20.8 Å². The van der Waals surface area contributed by atoms with Gasteiger partial charge in [0.25, 0.3) is 5.69 Å². The number of rotatable bonds is 2. The van der Waals surface area contributed by atoms with Crippen LogP contribution < -0.4 is 5.73 Å². The van der Waals surface area contributed by atoms with Gasteiger partial charge >= 0.3 is 0 Å². The number of amides is 1. The molecule has 3 aliphatic carbocycles. The highest BCUT2D eigenvalue weighted by Crippen LogP contribution is 2.56. The number of fused-ring (bicyclic) bond motifs is 3. The van der Waals surface area contributed by atoms with Crippen LogP contribution in [0.25, 0.3) is 0 Å². The molecule has 0 heterocycles. The number of phenols is 1. The van der Waals surface area contributed by atoms with Crippen molar-refractivity contribution in [3.63, 3.8) is 0 Å². The van der Waals surface area contributed by atoms with Crippen molar-refractivity contribution in [3.8, 4) is 5.75 Å². The van der Waals surface area contributed by atoms with E-state index in [0.717, 1.165) is 6.07 Å². The molecule has 2 fully saturated rings. The summed E-state index contributed by atoms with van der Waals surface area (Å²) in [7, 11) is 0. The summed E-state index contributed by atoms with van der Waals surface area (Å²) in [5.74, 6) is -15.0. The number of aromatic hydroxyl groups is 1. The molecule has 12 heteroatoms. The second kappa shape index (κ2) is 7.74. The number of Topliss-reactive ketones (excluding diaryl/α,β-unsaturated/α-hetero) is 4. The standard InChI is InChI=1S/C24H26N2O10/c1-7-12-10(26(35)36)5-8(23(2,3)4)17(28)15(12)19(30)16-13(7)18(29)9-6-11(27)14(22(25)33)20(31)24(9,34)21(16)32/h5,7,9,13-14,16,18,28-29,34H,6H2,1-4H3,(H2,25,33)/t7-,9+,13+,14?,16?,18+,24+/m0/s1. The van der Waals surface area contributed by atoms with Crippen LogP contribution in [0.4, 0.5) is 5.69 Å². The molecule has 1 amide bonds. The molecular formula is C24H26N2O10. The van der Waals surface area contributed by atoms with Gasteiger partial charge in [-0.2, -0.15) is 0 Å². The molecule has 192 valence electrons. The number of aliphatic hydroxyl groups excluding tert-OH is 1. The first-order valence-corrected chi connectivity index (χ1v) is 11.4. The number of hydrogen-bond donors (Lipinski definition) is 4. The van der Waals surface area contributed by atoms with E-state index in [9.17, 15) is 49.4 Å². The third-order valence-electron chi connectivity index (χ3n) is 7.94. The smallest absolute Gasteiger partial charge is 0.274 e. The first kappa shape index (κ1) is 25.6. The molecular weight excluding hydrogens is 476 g/mol. The average Bonchev–Trinajstić information content (AvgIpc) is 2.75. The number of nitrogens with zero attached hydrogens (tertiary/aromatic N) is 1. The summed E-state index contributed by atoms with van der Waals surface area (Å²) < 4.78 is 0. The summed E-state index contributed by atoms with van der Waals surface area (Å²) in [6, 6.07) is 1.15. The van der Waals surface area contributed by atoms with Crippen molar-refractivity contribution in [2.24, 2.45) is 29.4 Å². The van der Waals surface area contributed by atoms with Gasteiger partial charge in [-0.1, -0.05) is 27.7 Å². The van der Waals surface area contributed by atoms with Gasteiger partial charge in [-0.25, -0.2) is 0 Å². The molecule has 0 spiro atoms. The van der Waals surface area contributed by atoms with Gasteiger partial charge in [0, 0.05) is 35.4 Å². The monoisotopic (exact) mass is 502 g/mol. The Balaban J connectivity index is 1.99. The molecule has 5 N–H and O–H groups in total. The van der Waals surface area contributed by atoms with E-state index >= 15 is 0 Å². The number of benzene rings is 1. The van der Waals surface area contributed by atoms with Crippen molar-refractivity contribution >= 4 is 34.7 Å². The van der Waals surface area contributed by atoms with Crippen molar-refractivity contribution in [3.05, 3.63) is 32.9 Å². The van der Waals surface area contributed by atoms with Crippen LogP contribution >= 0.6 is 0 Å². The Bertz CT molecular complexity index is 1280. The Morgan fingerprint density at radius 1 is 1.19 bits per heavy atom. The van der Waals surface area contributed by atoms with Gasteiger partial charge in [0.15, 0.2) is 34.7 Å². The fourth-order valence-electron chi connectivity index (χ4n) is 6.20. The third kappa shape index (κ3) is 3.10. The number of carbonyl (C=O) groups excluding carboxylic acids is 5. The highest BCUT2D eigenvalue weighted by atomic mass is 16.6. The molecule has 1 aromatic rings. The number of carbonyl (C=O) groups is 5. The lowest BCUT2D eigenvalue weighted by Crippen LogP contribution is -2.72. The maximum Gasteiger partial charge on any atom is 0.274 e. The Labute approximate surface area is 204 Å². The lowest BCUT2D eigenvalue weighted by Gasteiger charge is -2.52. The van der Waals surface area contributed by atoms with Gasteiger partial charge < -0.3 is 21.1 Å². The minimum Gasteiger partial charge on any atom is -0.507 e. The predicted octanol–water partition coefficient (Wildman–Crippen LogP) is 0.0644. The first-order valence-electron chi connectivity index (χ1n) is 11.4. The normalized spacial score (nSPS) is 34.1. The zero-order valence-electron chi connectivity index (χ0n) is 20.0. The Kier molecular flexibility index (Phi) is 5.50. The lowest BCUT2D eigenvalue weighted by atomic mass is 9.50. The van der Waals surface area contributed by atoms with Crippen molar-refractivity contribution in [2.75, 3.05) is 0 Å². The molecule has 0 aliphatic heterocycles. The molecule has 2 unspecified atom stereocenters. The van der Waals surface area contributed by atoms with Gasteiger partial charge in [-0.15, -0.1) is 0 Å². The molecule has 12 nitrogen and oxygen atoms in total. The van der Waals surface area contributed by atoms with E-state index in [0.29, 0.717) is 0 Å². The fraction of sp³-hybridized carbons (Fsp3) is 0.542. The Morgan fingerprint density at radius 2 is 1.78 bits per heavy atom. The van der Waals surface area contributed by atoms with E-state index in [-0.39, 0.29) is 11.1 Å². The van der Waals surface area contributed by atoms with Gasteiger partial charge in [0.05, 0.1) is 22.5 Å². The molecule has 0 radical (unpaired) electrons. The zero-order valence-corrected chi connectivity index (χ0v) is 20.0. The second-order valence-electron chi connectivity index (χ2n) is 10.9. The van der Waals surface area contributed by atoms with Crippen LogP contribution in [0, 0.1) is 33.8 Å². The van der Waals surface area contributed by atoms with E-state index in [1.165, 1.54) is 6.92 Å². The summed E-state index contributed by atoms with van der Waals surface area (Å²) in [6.45, 7) is 6.39. The summed E-state index contributed by atoms with van der Waals surface area (Å²) in [5.41, 5.74) is 0.154. The number of nitro benzene ring substituents is 1. The number of hydrogen-bond acceptors (Lipinski definition) is 10. The number of primary amides is 1. The minimum absolute atomic E-state index is 0.0699. The quantitative estimate of drug-likeness (QED) is 0.242. The highest BCUT2D eigenvalue weighted by molar-refractivity contribution is 6.31. The van der Waals surface area contributed by atoms with Crippen LogP contribution in [0.15, 0.2) is 6.07 Å². The van der Waals surface area contributed by atoms with Crippen LogP contribution in [0.2, 0.25) is 0 Å². The van der Waals surface area contributed by atoms with E-state index in [4.69, 9.17) is 5.73 Å². The van der Waals surface area contributed by atoms with Gasteiger partial charge in [0.1, 0.15) is 5.75 Å². The van der Waals surface area contributed by atoms with Crippen LogP contribution in [-0.4, -0.2) is 61.0 Å². The van der Waals surface area contributed by atoms with Crippen molar-refractivity contribution in [1.82, 2.24) is 0 Å². The molecule has 0 saturated heterocycles. The summed E-state index contributed by atoms with van der Waals surface area (Å²) >= 11 is 0. The summed E-state index contributed by atoms with van der Waals surface area (Å²) in [5, 5.41) is 45.6. The first-order chi connectivity index (χ1) is 16.5. The molecule has 0 bridgehead atoms. The Hall–Kier alpha value is -3.51. The molecule has 1 aromatic carbocycles. The van der Waals surface area contributed by atoms with Crippen LogP contribution in [0.3, 0.4) is 0 Å². The zero-order chi connectivity index (χ0) is 27.2. The van der Waals surface area contributed by atoms with E-state index in [1.807, 2.05) is 0 Å². The fourth-order valence-corrected chi connectivity index (χ4v) is 6.20. The van der Waals surface area contributed by atoms with Gasteiger partial charge in [-0.05, 0) is 11.3 Å². The van der Waals surface area contributed by atoms with E-state index < -0.39 is 104 Å². The topological polar surface area (TPSA) is 215 Å². The Morgan fingerprint density at radius 3 is 2.28 bits per heavy atom. The SMILES string of the molecule is C[C@H]1c2c([N+](=O)[O-])cc(C(C)(C)C)c(O)c2C(=O)C2C(=O)[C@]3(O)C(=O)C(C(N)=O)C(=O)C[C@@H]3[C@@H](O)[C@@H]21. The van der Waals surface area contributed by atoms with Gasteiger partial charge in [0.2, 0.25) is 5.91 Å². The molecule has 3 aliphatic rings. The van der Waals surface area contributed by atoms with E-state index in [2.05, 4.69) is 0 Å². The van der Waals surface area contributed by atoms with Crippen LogP contribution in [0.1, 0.15) is 61.5 Å². The molecule has 36 heavy (non-hydrogen) atoms. The van der Waals surface area contributed by atoms with Gasteiger partial charge in [-0.3, -0.25) is 34.1 Å². The number of ketones is 4. The van der Waals surface area contributed by atoms with Crippen LogP contribution in [0.5, 0.6) is 5.75 Å². The number of nitrogens with two attached hydrogens (primary N) is 1.